The summed E-state index contributed by atoms with van der Waals surface area (Å²) in [6.45, 7) is 4.33. The molecule has 0 aliphatic heterocycles. The first-order valence-corrected chi connectivity index (χ1v) is 5.28. The maximum Gasteiger partial charge on any atom is 0.0258 e. The van der Waals surface area contributed by atoms with E-state index >= 15 is 0 Å². The van der Waals surface area contributed by atoms with Crippen molar-refractivity contribution in [3.05, 3.63) is 11.8 Å². The van der Waals surface area contributed by atoms with Crippen LogP contribution in [0, 0.1) is 0 Å². The van der Waals surface area contributed by atoms with Gasteiger partial charge in [0.2, 0.25) is 0 Å². The molecule has 1 aliphatic carbocycles. The van der Waals surface area contributed by atoms with E-state index in [4.69, 9.17) is 0 Å². The smallest absolute Gasteiger partial charge is 0.0258 e. The van der Waals surface area contributed by atoms with Crippen molar-refractivity contribution in [2.45, 2.75) is 58.4 Å². The molecule has 0 amide bonds. The first-order chi connectivity index (χ1) is 5.86. The molecule has 1 saturated carbocycles. The molecule has 1 N–H and O–H groups in total. The van der Waals surface area contributed by atoms with Crippen molar-refractivity contribution in [3.8, 4) is 0 Å². The molecule has 0 bridgehead atoms. The third kappa shape index (κ3) is 2.88. The molecule has 1 rings (SSSR count). The molecular formula is C11H21N. The quantitative estimate of drug-likeness (QED) is 0.680. The second kappa shape index (κ2) is 5.23. The lowest BCUT2D eigenvalue weighted by Crippen LogP contribution is -2.30. The van der Waals surface area contributed by atoms with Crippen LogP contribution >= 0.6 is 0 Å². The van der Waals surface area contributed by atoms with Crippen LogP contribution in [0.3, 0.4) is 0 Å². The number of allylic oxidation sites excluding steroid dienone is 2. The molecule has 12 heavy (non-hydrogen) atoms. The minimum absolute atomic E-state index is 0.768. The predicted molar refractivity (Wildman–Crippen MR) is 54.1 cm³/mol. The largest absolute Gasteiger partial charge is 0.386 e. The highest BCUT2D eigenvalue weighted by molar-refractivity contribution is 4.98. The predicted octanol–water partition coefficient (Wildman–Crippen LogP) is 3.22. The maximum absolute atomic E-state index is 3.62. The fourth-order valence-corrected chi connectivity index (χ4v) is 1.90. The average molecular weight is 167 g/mol. The zero-order chi connectivity index (χ0) is 8.81. The molecule has 0 aromatic heterocycles. The number of rotatable bonds is 3. The fraction of sp³-hybridized carbons (Fsp3) is 0.818. The van der Waals surface area contributed by atoms with Crippen molar-refractivity contribution in [3.63, 3.8) is 0 Å². The van der Waals surface area contributed by atoms with Crippen molar-refractivity contribution >= 4 is 0 Å². The molecule has 0 aromatic rings. The van der Waals surface area contributed by atoms with Gasteiger partial charge in [-0.25, -0.2) is 0 Å². The molecular weight excluding hydrogens is 146 g/mol. The van der Waals surface area contributed by atoms with E-state index in [0.717, 1.165) is 12.5 Å². The van der Waals surface area contributed by atoms with Gasteiger partial charge in [0.1, 0.15) is 0 Å². The highest BCUT2D eigenvalue weighted by atomic mass is 14.9. The minimum atomic E-state index is 0.768. The van der Waals surface area contributed by atoms with Crippen LogP contribution in [0.15, 0.2) is 11.8 Å². The Morgan fingerprint density at radius 2 is 2.00 bits per heavy atom. The summed E-state index contributed by atoms with van der Waals surface area (Å²) in [6, 6.07) is 0.768. The number of hydrogen-bond acceptors (Lipinski definition) is 1. The van der Waals surface area contributed by atoms with Gasteiger partial charge in [-0.15, -0.1) is 0 Å². The Balaban J connectivity index is 2.28. The van der Waals surface area contributed by atoms with Gasteiger partial charge in [0.25, 0.3) is 0 Å². The zero-order valence-corrected chi connectivity index (χ0v) is 8.40. The van der Waals surface area contributed by atoms with Crippen molar-refractivity contribution in [2.75, 3.05) is 0 Å². The van der Waals surface area contributed by atoms with Gasteiger partial charge in [-0.2, -0.15) is 0 Å². The maximum atomic E-state index is 3.62. The lowest BCUT2D eigenvalue weighted by Gasteiger charge is -2.24. The molecule has 1 aliphatic rings. The van der Waals surface area contributed by atoms with Gasteiger partial charge < -0.3 is 5.32 Å². The SMILES string of the molecule is C/C=C(/CC)NC1CCCCC1. The Morgan fingerprint density at radius 1 is 1.33 bits per heavy atom. The van der Waals surface area contributed by atoms with Crippen molar-refractivity contribution < 1.29 is 0 Å². The Morgan fingerprint density at radius 3 is 2.50 bits per heavy atom. The van der Waals surface area contributed by atoms with Crippen LogP contribution in [0.4, 0.5) is 0 Å². The topological polar surface area (TPSA) is 12.0 Å². The van der Waals surface area contributed by atoms with Crippen molar-refractivity contribution in [1.82, 2.24) is 5.32 Å². The summed E-state index contributed by atoms with van der Waals surface area (Å²) in [4.78, 5) is 0. The van der Waals surface area contributed by atoms with Crippen LogP contribution in [0.1, 0.15) is 52.4 Å². The van der Waals surface area contributed by atoms with Crippen LogP contribution in [-0.2, 0) is 0 Å². The summed E-state index contributed by atoms with van der Waals surface area (Å²) in [6.07, 6.45) is 10.4. The molecule has 0 saturated heterocycles. The van der Waals surface area contributed by atoms with E-state index < -0.39 is 0 Å². The third-order valence-electron chi connectivity index (χ3n) is 2.72. The van der Waals surface area contributed by atoms with Gasteiger partial charge in [0, 0.05) is 11.7 Å². The van der Waals surface area contributed by atoms with Gasteiger partial charge in [0.05, 0.1) is 0 Å². The van der Waals surface area contributed by atoms with Gasteiger partial charge >= 0.3 is 0 Å². The lowest BCUT2D eigenvalue weighted by molar-refractivity contribution is 0.393. The lowest BCUT2D eigenvalue weighted by atomic mass is 9.95. The first kappa shape index (κ1) is 9.63. The van der Waals surface area contributed by atoms with E-state index in [0.29, 0.717) is 0 Å². The standard InChI is InChI=1S/C11H21N/c1-3-10(4-2)12-11-8-6-5-7-9-11/h3,11-12H,4-9H2,1-2H3/b10-3-. The molecule has 0 spiro atoms. The van der Waals surface area contributed by atoms with Crippen LogP contribution in [0.25, 0.3) is 0 Å². The molecule has 0 heterocycles. The average Bonchev–Trinajstić information content (AvgIpc) is 2.16. The second-order valence-electron chi connectivity index (χ2n) is 3.65. The van der Waals surface area contributed by atoms with E-state index in [2.05, 4.69) is 25.2 Å². The van der Waals surface area contributed by atoms with E-state index in [9.17, 15) is 0 Å². The highest BCUT2D eigenvalue weighted by Crippen LogP contribution is 2.18. The number of nitrogens with one attached hydrogen (secondary N) is 1. The van der Waals surface area contributed by atoms with E-state index in [1.54, 1.807) is 0 Å². The summed E-state index contributed by atoms with van der Waals surface area (Å²) in [7, 11) is 0. The van der Waals surface area contributed by atoms with Crippen LogP contribution in [0.5, 0.6) is 0 Å². The monoisotopic (exact) mass is 167 g/mol. The normalized spacial score (nSPS) is 21.0. The van der Waals surface area contributed by atoms with Crippen LogP contribution in [0.2, 0.25) is 0 Å². The first-order valence-electron chi connectivity index (χ1n) is 5.28. The van der Waals surface area contributed by atoms with Gasteiger partial charge in [0.15, 0.2) is 0 Å². The third-order valence-corrected chi connectivity index (χ3v) is 2.72. The van der Waals surface area contributed by atoms with Gasteiger partial charge in [-0.1, -0.05) is 32.3 Å². The van der Waals surface area contributed by atoms with Crippen molar-refractivity contribution in [2.24, 2.45) is 0 Å². The molecule has 0 atom stereocenters. The molecule has 1 nitrogen and oxygen atoms in total. The Labute approximate surface area is 76.2 Å². The van der Waals surface area contributed by atoms with Crippen LogP contribution < -0.4 is 5.32 Å². The Kier molecular flexibility index (Phi) is 4.20. The second-order valence-corrected chi connectivity index (χ2v) is 3.65. The van der Waals surface area contributed by atoms with Gasteiger partial charge in [-0.05, 0) is 26.2 Å². The Hall–Kier alpha value is -0.460. The zero-order valence-electron chi connectivity index (χ0n) is 8.40. The van der Waals surface area contributed by atoms with E-state index in [-0.39, 0.29) is 0 Å². The van der Waals surface area contributed by atoms with Crippen molar-refractivity contribution in [1.29, 1.82) is 0 Å². The van der Waals surface area contributed by atoms with E-state index in [1.165, 1.54) is 37.8 Å². The molecule has 1 heteroatoms. The van der Waals surface area contributed by atoms with E-state index in [1.807, 2.05) is 0 Å². The molecule has 1 fully saturated rings. The summed E-state index contributed by atoms with van der Waals surface area (Å²) in [5.74, 6) is 0. The fourth-order valence-electron chi connectivity index (χ4n) is 1.90. The molecule has 0 radical (unpaired) electrons. The van der Waals surface area contributed by atoms with Gasteiger partial charge in [-0.3, -0.25) is 0 Å². The summed E-state index contributed by atoms with van der Waals surface area (Å²) in [5.41, 5.74) is 1.42. The minimum Gasteiger partial charge on any atom is -0.386 e. The summed E-state index contributed by atoms with van der Waals surface area (Å²) < 4.78 is 0. The molecule has 0 unspecified atom stereocenters. The molecule has 0 aromatic carbocycles. The number of hydrogen-bond donors (Lipinski definition) is 1. The van der Waals surface area contributed by atoms with Crippen LogP contribution in [-0.4, -0.2) is 6.04 Å². The highest BCUT2D eigenvalue weighted by Gasteiger charge is 2.12. The summed E-state index contributed by atoms with van der Waals surface area (Å²) >= 11 is 0. The molecule has 70 valence electrons. The summed E-state index contributed by atoms with van der Waals surface area (Å²) in [5, 5.41) is 3.62. The Bertz CT molecular complexity index is 143.